The highest BCUT2D eigenvalue weighted by atomic mass is 32.1. The lowest BCUT2D eigenvalue weighted by atomic mass is 10.0. The first-order valence-electron chi connectivity index (χ1n) is 5.74. The van der Waals surface area contributed by atoms with Crippen molar-refractivity contribution in [2.75, 3.05) is 6.54 Å². The Labute approximate surface area is 105 Å². The summed E-state index contributed by atoms with van der Waals surface area (Å²) in [5, 5.41) is 5.45. The van der Waals surface area contributed by atoms with Gasteiger partial charge in [0.05, 0.1) is 6.04 Å². The highest BCUT2D eigenvalue weighted by Gasteiger charge is 2.14. The Hall–Kier alpha value is -1.19. The molecule has 0 aliphatic carbocycles. The molecule has 1 N–H and O–H groups in total. The standard InChI is InChI=1S/C14H16FNS/c1-3-16-14(13-5-4-6-17-13)11-7-10(2)8-12(15)9-11/h4-9,14,16H,3H2,1-2H3. The third-order valence-electron chi connectivity index (χ3n) is 2.63. The van der Waals surface area contributed by atoms with Gasteiger partial charge < -0.3 is 5.32 Å². The molecule has 0 aliphatic rings. The van der Waals surface area contributed by atoms with Gasteiger partial charge in [0.15, 0.2) is 0 Å². The van der Waals surface area contributed by atoms with Gasteiger partial charge in [0.25, 0.3) is 0 Å². The van der Waals surface area contributed by atoms with Gasteiger partial charge in [0.1, 0.15) is 5.82 Å². The van der Waals surface area contributed by atoms with Crippen LogP contribution in [-0.2, 0) is 0 Å². The van der Waals surface area contributed by atoms with Crippen molar-refractivity contribution < 1.29 is 4.39 Å². The summed E-state index contributed by atoms with van der Waals surface area (Å²) in [6.07, 6.45) is 0. The highest BCUT2D eigenvalue weighted by molar-refractivity contribution is 7.10. The van der Waals surface area contributed by atoms with E-state index in [2.05, 4.69) is 18.3 Å². The Kier molecular flexibility index (Phi) is 3.92. The molecule has 0 saturated heterocycles. The van der Waals surface area contributed by atoms with Gasteiger partial charge >= 0.3 is 0 Å². The molecular formula is C14H16FNS. The van der Waals surface area contributed by atoms with Crippen molar-refractivity contribution >= 4 is 11.3 Å². The Morgan fingerprint density at radius 2 is 2.18 bits per heavy atom. The molecular weight excluding hydrogens is 233 g/mol. The predicted octanol–water partition coefficient (Wildman–Crippen LogP) is 3.89. The third kappa shape index (κ3) is 2.93. The second-order valence-corrected chi connectivity index (χ2v) is 5.05. The van der Waals surface area contributed by atoms with Crippen molar-refractivity contribution in [3.05, 3.63) is 57.5 Å². The Balaban J connectivity index is 2.38. The molecule has 0 amide bonds. The molecule has 0 saturated carbocycles. The maximum Gasteiger partial charge on any atom is 0.123 e. The van der Waals surface area contributed by atoms with Crippen LogP contribution < -0.4 is 5.32 Å². The summed E-state index contributed by atoms with van der Waals surface area (Å²) in [7, 11) is 0. The molecule has 1 aromatic heterocycles. The first-order chi connectivity index (χ1) is 8.20. The third-order valence-corrected chi connectivity index (χ3v) is 3.57. The van der Waals surface area contributed by atoms with E-state index < -0.39 is 0 Å². The van der Waals surface area contributed by atoms with Crippen LogP contribution in [0.25, 0.3) is 0 Å². The average Bonchev–Trinajstić information content (AvgIpc) is 2.77. The Morgan fingerprint density at radius 1 is 1.35 bits per heavy atom. The largest absolute Gasteiger partial charge is 0.306 e. The van der Waals surface area contributed by atoms with E-state index >= 15 is 0 Å². The summed E-state index contributed by atoms with van der Waals surface area (Å²) in [4.78, 5) is 1.22. The number of hydrogen-bond donors (Lipinski definition) is 1. The van der Waals surface area contributed by atoms with Crippen LogP contribution in [0.1, 0.15) is 29.0 Å². The van der Waals surface area contributed by atoms with E-state index in [0.717, 1.165) is 17.7 Å². The summed E-state index contributed by atoms with van der Waals surface area (Å²) in [6.45, 7) is 4.84. The number of rotatable bonds is 4. The van der Waals surface area contributed by atoms with Gasteiger partial charge in [0, 0.05) is 4.88 Å². The van der Waals surface area contributed by atoms with E-state index in [4.69, 9.17) is 0 Å². The first kappa shape index (κ1) is 12.3. The highest BCUT2D eigenvalue weighted by Crippen LogP contribution is 2.27. The van der Waals surface area contributed by atoms with Crippen LogP contribution in [0.15, 0.2) is 35.7 Å². The lowest BCUT2D eigenvalue weighted by molar-refractivity contribution is 0.605. The molecule has 0 radical (unpaired) electrons. The summed E-state index contributed by atoms with van der Waals surface area (Å²) >= 11 is 1.69. The molecule has 2 aromatic rings. The number of benzene rings is 1. The smallest absolute Gasteiger partial charge is 0.123 e. The number of nitrogens with one attached hydrogen (secondary N) is 1. The van der Waals surface area contributed by atoms with Crippen LogP contribution in [0.3, 0.4) is 0 Å². The zero-order valence-electron chi connectivity index (χ0n) is 10.0. The van der Waals surface area contributed by atoms with Crippen LogP contribution in [0.2, 0.25) is 0 Å². The maximum atomic E-state index is 13.4. The normalized spacial score (nSPS) is 12.6. The topological polar surface area (TPSA) is 12.0 Å². The molecule has 0 aliphatic heterocycles. The average molecular weight is 249 g/mol. The second-order valence-electron chi connectivity index (χ2n) is 4.07. The summed E-state index contributed by atoms with van der Waals surface area (Å²) in [6, 6.07) is 9.40. The van der Waals surface area contributed by atoms with E-state index in [9.17, 15) is 4.39 Å². The van der Waals surface area contributed by atoms with Crippen LogP contribution in [0.5, 0.6) is 0 Å². The van der Waals surface area contributed by atoms with Crippen LogP contribution in [0.4, 0.5) is 4.39 Å². The SMILES string of the molecule is CCNC(c1cc(C)cc(F)c1)c1cccs1. The second kappa shape index (κ2) is 5.43. The molecule has 0 fully saturated rings. The van der Waals surface area contributed by atoms with E-state index in [0.29, 0.717) is 0 Å². The summed E-state index contributed by atoms with van der Waals surface area (Å²) < 4.78 is 13.4. The molecule has 1 unspecified atom stereocenters. The molecule has 1 heterocycles. The fourth-order valence-electron chi connectivity index (χ4n) is 1.97. The quantitative estimate of drug-likeness (QED) is 0.866. The number of thiophene rings is 1. The van der Waals surface area contributed by atoms with Crippen molar-refractivity contribution in [2.24, 2.45) is 0 Å². The van der Waals surface area contributed by atoms with Crippen LogP contribution in [0, 0.1) is 12.7 Å². The molecule has 90 valence electrons. The van der Waals surface area contributed by atoms with E-state index in [1.165, 1.54) is 4.88 Å². The molecule has 1 atom stereocenters. The number of aryl methyl sites for hydroxylation is 1. The molecule has 0 bridgehead atoms. The molecule has 2 rings (SSSR count). The van der Waals surface area contributed by atoms with E-state index in [1.54, 1.807) is 23.5 Å². The predicted molar refractivity (Wildman–Crippen MR) is 71.0 cm³/mol. The van der Waals surface area contributed by atoms with Gasteiger partial charge in [0.2, 0.25) is 0 Å². The monoisotopic (exact) mass is 249 g/mol. The van der Waals surface area contributed by atoms with Crippen molar-refractivity contribution in [1.29, 1.82) is 0 Å². The van der Waals surface area contributed by atoms with Crippen molar-refractivity contribution in [3.8, 4) is 0 Å². The summed E-state index contributed by atoms with van der Waals surface area (Å²) in [5.41, 5.74) is 1.95. The van der Waals surface area contributed by atoms with Crippen molar-refractivity contribution in [2.45, 2.75) is 19.9 Å². The number of halogens is 1. The minimum Gasteiger partial charge on any atom is -0.306 e. The fraction of sp³-hybridized carbons (Fsp3) is 0.286. The zero-order chi connectivity index (χ0) is 12.3. The van der Waals surface area contributed by atoms with Gasteiger partial charge in [-0.1, -0.05) is 19.1 Å². The number of hydrogen-bond acceptors (Lipinski definition) is 2. The molecule has 3 heteroatoms. The molecule has 1 aromatic carbocycles. The minimum absolute atomic E-state index is 0.0920. The Morgan fingerprint density at radius 3 is 2.76 bits per heavy atom. The molecule has 0 spiro atoms. The first-order valence-corrected chi connectivity index (χ1v) is 6.62. The lowest BCUT2D eigenvalue weighted by Gasteiger charge is -2.17. The molecule has 1 nitrogen and oxygen atoms in total. The zero-order valence-corrected chi connectivity index (χ0v) is 10.9. The van der Waals surface area contributed by atoms with Gasteiger partial charge in [-0.25, -0.2) is 4.39 Å². The van der Waals surface area contributed by atoms with Crippen LogP contribution >= 0.6 is 11.3 Å². The maximum absolute atomic E-state index is 13.4. The summed E-state index contributed by atoms with van der Waals surface area (Å²) in [5.74, 6) is -0.167. The van der Waals surface area contributed by atoms with Gasteiger partial charge in [-0.3, -0.25) is 0 Å². The Bertz CT molecular complexity index is 459. The lowest BCUT2D eigenvalue weighted by Crippen LogP contribution is -2.21. The minimum atomic E-state index is -0.167. The van der Waals surface area contributed by atoms with Crippen LogP contribution in [-0.4, -0.2) is 6.54 Å². The fourth-order valence-corrected chi connectivity index (χ4v) is 2.80. The molecule has 17 heavy (non-hydrogen) atoms. The van der Waals surface area contributed by atoms with Gasteiger partial charge in [-0.2, -0.15) is 0 Å². The van der Waals surface area contributed by atoms with Gasteiger partial charge in [-0.15, -0.1) is 11.3 Å². The van der Waals surface area contributed by atoms with E-state index in [1.807, 2.05) is 24.4 Å². The van der Waals surface area contributed by atoms with E-state index in [-0.39, 0.29) is 11.9 Å². The van der Waals surface area contributed by atoms with Crippen molar-refractivity contribution in [3.63, 3.8) is 0 Å². The van der Waals surface area contributed by atoms with Gasteiger partial charge in [-0.05, 0) is 48.2 Å². The van der Waals surface area contributed by atoms with Crippen molar-refractivity contribution in [1.82, 2.24) is 5.32 Å².